The third-order valence-electron chi connectivity index (χ3n) is 2.14. The molecular weight excluding hydrogens is 260 g/mol. The molecule has 2 heterocycles. The van der Waals surface area contributed by atoms with Crippen LogP contribution in [0.4, 0.5) is 5.69 Å². The predicted molar refractivity (Wildman–Crippen MR) is 66.2 cm³/mol. The molecule has 8 heteroatoms. The minimum absolute atomic E-state index is 0.209. The normalized spacial score (nSPS) is 11.6. The van der Waals surface area contributed by atoms with Gasteiger partial charge in [0.2, 0.25) is 0 Å². The lowest BCUT2D eigenvalue weighted by molar-refractivity contribution is 0.600. The molecule has 2 aromatic rings. The summed E-state index contributed by atoms with van der Waals surface area (Å²) in [5.41, 5.74) is 5.92. The first-order valence-electron chi connectivity index (χ1n) is 4.81. The molecule has 0 atom stereocenters. The summed E-state index contributed by atoms with van der Waals surface area (Å²) in [5.74, 6) is 0. The van der Waals surface area contributed by atoms with E-state index in [4.69, 9.17) is 5.73 Å². The average Bonchev–Trinajstić information content (AvgIpc) is 2.86. The van der Waals surface area contributed by atoms with Gasteiger partial charge in [0.15, 0.2) is 0 Å². The van der Waals surface area contributed by atoms with Gasteiger partial charge in [-0.3, -0.25) is 9.40 Å². The number of hydrogen-bond acceptors (Lipinski definition) is 5. The van der Waals surface area contributed by atoms with Crippen molar-refractivity contribution in [3.8, 4) is 0 Å². The summed E-state index contributed by atoms with van der Waals surface area (Å²) in [6.07, 6.45) is 3.04. The van der Waals surface area contributed by atoms with Gasteiger partial charge in [0.05, 0.1) is 11.9 Å². The number of sulfonamides is 1. The predicted octanol–water partition coefficient (Wildman–Crippen LogP) is 0.741. The lowest BCUT2D eigenvalue weighted by Gasteiger charge is -2.05. The van der Waals surface area contributed by atoms with Gasteiger partial charge in [0.1, 0.15) is 4.90 Å². The summed E-state index contributed by atoms with van der Waals surface area (Å²) in [7, 11) is -1.86. The lowest BCUT2D eigenvalue weighted by atomic mass is 10.5. The Balaban J connectivity index is 2.31. The maximum Gasteiger partial charge on any atom is 0.263 e. The summed E-state index contributed by atoms with van der Waals surface area (Å²) in [6, 6.07) is 1.55. The van der Waals surface area contributed by atoms with Crippen molar-refractivity contribution < 1.29 is 8.42 Å². The summed E-state index contributed by atoms with van der Waals surface area (Å²) >= 11 is 1.33. The highest BCUT2D eigenvalue weighted by atomic mass is 32.2. The Kier molecular flexibility index (Phi) is 3.18. The first-order chi connectivity index (χ1) is 8.03. The Bertz CT molecular complexity index is 614. The summed E-state index contributed by atoms with van der Waals surface area (Å²) in [4.78, 5) is 0.871. The molecule has 0 unspecified atom stereocenters. The molecular formula is C9H12N4O2S2. The maximum atomic E-state index is 12.1. The molecule has 0 aliphatic carbocycles. The zero-order valence-corrected chi connectivity index (χ0v) is 10.8. The van der Waals surface area contributed by atoms with E-state index >= 15 is 0 Å². The van der Waals surface area contributed by atoms with E-state index in [1.165, 1.54) is 22.2 Å². The van der Waals surface area contributed by atoms with Crippen molar-refractivity contribution >= 4 is 27.0 Å². The molecule has 0 aliphatic rings. The number of nitrogens with one attached hydrogen (secondary N) is 1. The number of thiophene rings is 1. The highest BCUT2D eigenvalue weighted by Crippen LogP contribution is 2.23. The van der Waals surface area contributed by atoms with Crippen molar-refractivity contribution in [2.75, 3.05) is 4.72 Å². The second-order valence-corrected chi connectivity index (χ2v) is 6.07. The van der Waals surface area contributed by atoms with Crippen LogP contribution in [0.3, 0.4) is 0 Å². The monoisotopic (exact) mass is 272 g/mol. The number of rotatable bonds is 4. The molecule has 2 rings (SSSR count). The van der Waals surface area contributed by atoms with Crippen LogP contribution < -0.4 is 10.5 Å². The quantitative estimate of drug-likeness (QED) is 0.859. The first-order valence-corrected chi connectivity index (χ1v) is 7.17. The van der Waals surface area contributed by atoms with Crippen LogP contribution in [-0.2, 0) is 23.6 Å². The van der Waals surface area contributed by atoms with Crippen LogP contribution in [0.15, 0.2) is 28.7 Å². The van der Waals surface area contributed by atoms with E-state index in [2.05, 4.69) is 9.82 Å². The van der Waals surface area contributed by atoms with Crippen molar-refractivity contribution in [3.05, 3.63) is 28.7 Å². The molecule has 0 saturated heterocycles. The van der Waals surface area contributed by atoms with Gasteiger partial charge >= 0.3 is 0 Å². The second kappa shape index (κ2) is 4.47. The van der Waals surface area contributed by atoms with E-state index in [1.54, 1.807) is 24.7 Å². The molecule has 92 valence electrons. The van der Waals surface area contributed by atoms with E-state index in [0.717, 1.165) is 0 Å². The fourth-order valence-electron chi connectivity index (χ4n) is 1.40. The highest BCUT2D eigenvalue weighted by Gasteiger charge is 2.19. The topological polar surface area (TPSA) is 90.0 Å². The van der Waals surface area contributed by atoms with Crippen LogP contribution in [-0.4, -0.2) is 18.2 Å². The molecule has 6 nitrogen and oxygen atoms in total. The van der Waals surface area contributed by atoms with Crippen LogP contribution in [0.5, 0.6) is 0 Å². The van der Waals surface area contributed by atoms with Crippen molar-refractivity contribution in [3.63, 3.8) is 0 Å². The maximum absolute atomic E-state index is 12.1. The summed E-state index contributed by atoms with van der Waals surface area (Å²) in [6.45, 7) is 0.209. The molecule has 3 N–H and O–H groups in total. The molecule has 0 fully saturated rings. The summed E-state index contributed by atoms with van der Waals surface area (Å²) in [5, 5.41) is 5.60. The van der Waals surface area contributed by atoms with Gasteiger partial charge in [0, 0.05) is 24.7 Å². The average molecular weight is 272 g/mol. The van der Waals surface area contributed by atoms with Gasteiger partial charge in [-0.25, -0.2) is 8.42 Å². The molecule has 0 saturated carbocycles. The fourth-order valence-corrected chi connectivity index (χ4v) is 3.77. The van der Waals surface area contributed by atoms with Gasteiger partial charge in [0.25, 0.3) is 10.0 Å². The Morgan fingerprint density at radius 3 is 2.94 bits per heavy atom. The SMILES string of the molecule is Cn1cc(NS(=O)(=O)c2ccsc2CN)cn1. The molecule has 0 aromatic carbocycles. The van der Waals surface area contributed by atoms with Gasteiger partial charge in [-0.1, -0.05) is 0 Å². The van der Waals surface area contributed by atoms with Gasteiger partial charge < -0.3 is 5.73 Å². The Morgan fingerprint density at radius 1 is 1.59 bits per heavy atom. The molecule has 0 spiro atoms. The number of anilines is 1. The fraction of sp³-hybridized carbons (Fsp3) is 0.222. The second-order valence-electron chi connectivity index (χ2n) is 3.42. The number of nitrogens with zero attached hydrogens (tertiary/aromatic N) is 2. The summed E-state index contributed by atoms with van der Waals surface area (Å²) < 4.78 is 28.1. The third kappa shape index (κ3) is 2.48. The minimum Gasteiger partial charge on any atom is -0.326 e. The van der Waals surface area contributed by atoms with Crippen molar-refractivity contribution in [2.24, 2.45) is 12.8 Å². The lowest BCUT2D eigenvalue weighted by Crippen LogP contribution is -2.14. The number of aromatic nitrogens is 2. The smallest absolute Gasteiger partial charge is 0.263 e. The van der Waals surface area contributed by atoms with Gasteiger partial charge in [-0.2, -0.15) is 5.10 Å². The van der Waals surface area contributed by atoms with Crippen LogP contribution in [0.25, 0.3) is 0 Å². The van der Waals surface area contributed by atoms with E-state index in [-0.39, 0.29) is 11.4 Å². The standard InChI is InChI=1S/C9H12N4O2S2/c1-13-6-7(5-11-13)12-17(14,15)9-2-3-16-8(9)4-10/h2-3,5-6,12H,4,10H2,1H3. The van der Waals surface area contributed by atoms with Crippen LogP contribution in [0.1, 0.15) is 4.88 Å². The Labute approximate surface area is 103 Å². The Hall–Kier alpha value is -1.38. The van der Waals surface area contributed by atoms with Crippen LogP contribution in [0, 0.1) is 0 Å². The molecule has 17 heavy (non-hydrogen) atoms. The van der Waals surface area contributed by atoms with E-state index < -0.39 is 10.0 Å². The number of aryl methyl sites for hydroxylation is 1. The third-order valence-corrected chi connectivity index (χ3v) is 4.67. The van der Waals surface area contributed by atoms with Crippen molar-refractivity contribution in [2.45, 2.75) is 11.4 Å². The molecule has 2 aromatic heterocycles. The molecule has 0 aliphatic heterocycles. The van der Waals surface area contributed by atoms with Crippen LogP contribution in [0.2, 0.25) is 0 Å². The largest absolute Gasteiger partial charge is 0.326 e. The highest BCUT2D eigenvalue weighted by molar-refractivity contribution is 7.93. The number of hydrogen-bond donors (Lipinski definition) is 2. The van der Waals surface area contributed by atoms with E-state index in [1.807, 2.05) is 0 Å². The molecule has 0 bridgehead atoms. The van der Waals surface area contributed by atoms with Crippen LogP contribution >= 0.6 is 11.3 Å². The first kappa shape index (κ1) is 12.1. The Morgan fingerprint density at radius 2 is 2.35 bits per heavy atom. The molecule has 0 radical (unpaired) electrons. The van der Waals surface area contributed by atoms with E-state index in [0.29, 0.717) is 10.6 Å². The van der Waals surface area contributed by atoms with E-state index in [9.17, 15) is 8.42 Å². The molecule has 0 amide bonds. The van der Waals surface area contributed by atoms with Crippen molar-refractivity contribution in [1.29, 1.82) is 0 Å². The van der Waals surface area contributed by atoms with Gasteiger partial charge in [-0.05, 0) is 11.4 Å². The number of nitrogens with two attached hydrogens (primary N) is 1. The van der Waals surface area contributed by atoms with Crippen molar-refractivity contribution in [1.82, 2.24) is 9.78 Å². The zero-order valence-electron chi connectivity index (χ0n) is 9.12. The zero-order chi connectivity index (χ0) is 12.5. The minimum atomic E-state index is -3.57. The van der Waals surface area contributed by atoms with Gasteiger partial charge in [-0.15, -0.1) is 11.3 Å².